The molecule has 0 bridgehead atoms. The Morgan fingerprint density at radius 3 is 2.82 bits per heavy atom. The van der Waals surface area contributed by atoms with Crippen molar-refractivity contribution in [2.45, 2.75) is 19.8 Å². The predicted molar refractivity (Wildman–Crippen MR) is 68.2 cm³/mol. The van der Waals surface area contributed by atoms with Crippen molar-refractivity contribution in [3.63, 3.8) is 0 Å². The average Bonchev–Trinajstić information content (AvgIpc) is 2.97. The van der Waals surface area contributed by atoms with Gasteiger partial charge < -0.3 is 9.88 Å². The van der Waals surface area contributed by atoms with Crippen LogP contribution in [-0.2, 0) is 0 Å². The summed E-state index contributed by atoms with van der Waals surface area (Å²) < 4.78 is 0. The first-order valence-corrected chi connectivity index (χ1v) is 6.13. The second-order valence-corrected chi connectivity index (χ2v) is 4.75. The van der Waals surface area contributed by atoms with Gasteiger partial charge in [-0.1, -0.05) is 11.6 Å². The van der Waals surface area contributed by atoms with Crippen molar-refractivity contribution in [3.8, 4) is 0 Å². The number of hydrogen-bond acceptors (Lipinski definition) is 1. The topological polar surface area (TPSA) is 36.1 Å². The van der Waals surface area contributed by atoms with Crippen LogP contribution in [0.15, 0.2) is 24.4 Å². The second kappa shape index (κ2) is 3.91. The molecule has 1 fully saturated rings. The number of fused-ring (bicyclic) bond motifs is 1. The van der Waals surface area contributed by atoms with E-state index in [0.29, 0.717) is 0 Å². The standard InChI is InChI=1S/C14H16N2O/c1-10-4-5-13-11(8-10)12(9-15-13)14(17)16-6-2-3-7-16/h4-5,8-9,15H,2-3,6-7H2,1H3. The number of amides is 1. The molecule has 0 saturated carbocycles. The first kappa shape index (κ1) is 10.4. The van der Waals surface area contributed by atoms with E-state index in [2.05, 4.69) is 24.0 Å². The first-order chi connectivity index (χ1) is 8.25. The van der Waals surface area contributed by atoms with Gasteiger partial charge in [-0.2, -0.15) is 0 Å². The minimum Gasteiger partial charge on any atom is -0.360 e. The minimum atomic E-state index is 0.166. The Labute approximate surface area is 100 Å². The molecule has 2 heterocycles. The van der Waals surface area contributed by atoms with E-state index >= 15 is 0 Å². The molecule has 1 saturated heterocycles. The number of carbonyl (C=O) groups is 1. The first-order valence-electron chi connectivity index (χ1n) is 6.13. The fourth-order valence-corrected chi connectivity index (χ4v) is 2.50. The SMILES string of the molecule is Cc1ccc2[nH]cc(C(=O)N3CCCC3)c2c1. The maximum atomic E-state index is 12.3. The van der Waals surface area contributed by atoms with Gasteiger partial charge in [-0.05, 0) is 31.9 Å². The van der Waals surface area contributed by atoms with E-state index < -0.39 is 0 Å². The number of hydrogen-bond donors (Lipinski definition) is 1. The third kappa shape index (κ3) is 1.71. The lowest BCUT2D eigenvalue weighted by Crippen LogP contribution is -2.27. The lowest BCUT2D eigenvalue weighted by molar-refractivity contribution is 0.0795. The van der Waals surface area contributed by atoms with E-state index in [1.165, 1.54) is 5.56 Å². The number of likely N-dealkylation sites (tertiary alicyclic amines) is 1. The summed E-state index contributed by atoms with van der Waals surface area (Å²) in [5.74, 6) is 0.166. The van der Waals surface area contributed by atoms with Crippen LogP contribution in [0.25, 0.3) is 10.9 Å². The van der Waals surface area contributed by atoms with Crippen LogP contribution in [0.2, 0.25) is 0 Å². The van der Waals surface area contributed by atoms with Gasteiger partial charge in [0.05, 0.1) is 5.56 Å². The quantitative estimate of drug-likeness (QED) is 0.800. The molecule has 0 unspecified atom stereocenters. The number of aryl methyl sites for hydroxylation is 1. The Balaban J connectivity index is 2.04. The van der Waals surface area contributed by atoms with E-state index in [0.717, 1.165) is 42.4 Å². The molecule has 1 amide bonds. The summed E-state index contributed by atoms with van der Waals surface area (Å²) in [6.45, 7) is 3.85. The predicted octanol–water partition coefficient (Wildman–Crippen LogP) is 2.71. The van der Waals surface area contributed by atoms with Gasteiger partial charge in [-0.3, -0.25) is 4.79 Å². The Morgan fingerprint density at radius 2 is 2.06 bits per heavy atom. The molecule has 0 spiro atoms. The van der Waals surface area contributed by atoms with Crippen molar-refractivity contribution in [1.29, 1.82) is 0 Å². The highest BCUT2D eigenvalue weighted by Crippen LogP contribution is 2.22. The van der Waals surface area contributed by atoms with E-state index in [9.17, 15) is 4.79 Å². The number of aromatic nitrogens is 1. The lowest BCUT2D eigenvalue weighted by atomic mass is 10.1. The number of nitrogens with zero attached hydrogens (tertiary/aromatic N) is 1. The molecule has 3 nitrogen and oxygen atoms in total. The van der Waals surface area contributed by atoms with Crippen LogP contribution in [0.5, 0.6) is 0 Å². The Kier molecular flexibility index (Phi) is 2.39. The number of H-pyrrole nitrogens is 1. The van der Waals surface area contributed by atoms with Gasteiger partial charge >= 0.3 is 0 Å². The maximum Gasteiger partial charge on any atom is 0.256 e. The molecule has 1 aromatic carbocycles. The van der Waals surface area contributed by atoms with Gasteiger partial charge in [0.15, 0.2) is 0 Å². The van der Waals surface area contributed by atoms with Crippen LogP contribution >= 0.6 is 0 Å². The van der Waals surface area contributed by atoms with Crippen LogP contribution < -0.4 is 0 Å². The number of aromatic amines is 1. The molecule has 17 heavy (non-hydrogen) atoms. The summed E-state index contributed by atoms with van der Waals surface area (Å²) >= 11 is 0. The summed E-state index contributed by atoms with van der Waals surface area (Å²) in [6.07, 6.45) is 4.10. The van der Waals surface area contributed by atoms with Crippen LogP contribution in [0.4, 0.5) is 0 Å². The summed E-state index contributed by atoms with van der Waals surface area (Å²) in [5.41, 5.74) is 3.04. The monoisotopic (exact) mass is 228 g/mol. The molecule has 0 radical (unpaired) electrons. The molecule has 3 heteroatoms. The van der Waals surface area contributed by atoms with Crippen molar-refractivity contribution < 1.29 is 4.79 Å². The molecule has 0 atom stereocenters. The van der Waals surface area contributed by atoms with Gasteiger partial charge in [-0.15, -0.1) is 0 Å². The third-order valence-corrected chi connectivity index (χ3v) is 3.46. The van der Waals surface area contributed by atoms with E-state index in [1.807, 2.05) is 17.2 Å². The molecular weight excluding hydrogens is 212 g/mol. The van der Waals surface area contributed by atoms with E-state index in [1.54, 1.807) is 0 Å². The van der Waals surface area contributed by atoms with Crippen LogP contribution in [0, 0.1) is 6.92 Å². The van der Waals surface area contributed by atoms with Gasteiger partial charge in [-0.25, -0.2) is 0 Å². The number of benzene rings is 1. The fraction of sp³-hybridized carbons (Fsp3) is 0.357. The lowest BCUT2D eigenvalue weighted by Gasteiger charge is -2.14. The van der Waals surface area contributed by atoms with E-state index in [-0.39, 0.29) is 5.91 Å². The van der Waals surface area contributed by atoms with Gasteiger partial charge in [0.25, 0.3) is 5.91 Å². The highest BCUT2D eigenvalue weighted by molar-refractivity contribution is 6.06. The maximum absolute atomic E-state index is 12.3. The molecule has 1 aliphatic rings. The summed E-state index contributed by atoms with van der Waals surface area (Å²) in [4.78, 5) is 17.5. The van der Waals surface area contributed by atoms with Crippen molar-refractivity contribution in [2.24, 2.45) is 0 Å². The smallest absolute Gasteiger partial charge is 0.256 e. The molecule has 1 aliphatic heterocycles. The third-order valence-electron chi connectivity index (χ3n) is 3.46. The number of carbonyl (C=O) groups excluding carboxylic acids is 1. The number of nitrogens with one attached hydrogen (secondary N) is 1. The molecular formula is C14H16N2O. The number of rotatable bonds is 1. The van der Waals surface area contributed by atoms with Crippen LogP contribution in [-0.4, -0.2) is 28.9 Å². The largest absolute Gasteiger partial charge is 0.360 e. The summed E-state index contributed by atoms with van der Waals surface area (Å²) in [6, 6.07) is 6.17. The molecule has 88 valence electrons. The fourth-order valence-electron chi connectivity index (χ4n) is 2.50. The molecule has 2 aromatic rings. The van der Waals surface area contributed by atoms with Crippen LogP contribution in [0.3, 0.4) is 0 Å². The van der Waals surface area contributed by atoms with Crippen molar-refractivity contribution in [3.05, 3.63) is 35.5 Å². The van der Waals surface area contributed by atoms with Gasteiger partial charge in [0.2, 0.25) is 0 Å². The van der Waals surface area contributed by atoms with E-state index in [4.69, 9.17) is 0 Å². The summed E-state index contributed by atoms with van der Waals surface area (Å²) in [5, 5.41) is 1.04. The Hall–Kier alpha value is -1.77. The Morgan fingerprint density at radius 1 is 1.29 bits per heavy atom. The molecule has 1 N–H and O–H groups in total. The Bertz CT molecular complexity index is 565. The van der Waals surface area contributed by atoms with Crippen molar-refractivity contribution >= 4 is 16.8 Å². The normalized spacial score (nSPS) is 15.7. The molecule has 1 aromatic heterocycles. The van der Waals surface area contributed by atoms with Crippen LogP contribution in [0.1, 0.15) is 28.8 Å². The highest BCUT2D eigenvalue weighted by Gasteiger charge is 2.21. The van der Waals surface area contributed by atoms with Crippen molar-refractivity contribution in [1.82, 2.24) is 9.88 Å². The van der Waals surface area contributed by atoms with Gasteiger partial charge in [0, 0.05) is 30.2 Å². The van der Waals surface area contributed by atoms with Gasteiger partial charge in [0.1, 0.15) is 0 Å². The zero-order valence-electron chi connectivity index (χ0n) is 9.99. The molecule has 3 rings (SSSR count). The second-order valence-electron chi connectivity index (χ2n) is 4.75. The highest BCUT2D eigenvalue weighted by atomic mass is 16.2. The zero-order chi connectivity index (χ0) is 11.8. The minimum absolute atomic E-state index is 0.166. The average molecular weight is 228 g/mol. The summed E-state index contributed by atoms with van der Waals surface area (Å²) in [7, 11) is 0. The zero-order valence-corrected chi connectivity index (χ0v) is 9.99. The van der Waals surface area contributed by atoms with Crippen molar-refractivity contribution in [2.75, 3.05) is 13.1 Å². The molecule has 0 aliphatic carbocycles.